The molecule has 114 valence electrons. The highest BCUT2D eigenvalue weighted by molar-refractivity contribution is 7.91. The average Bonchev–Trinajstić information content (AvgIpc) is 3.02. The Morgan fingerprint density at radius 3 is 2.86 bits per heavy atom. The molecule has 1 saturated heterocycles. The van der Waals surface area contributed by atoms with Crippen molar-refractivity contribution in [3.8, 4) is 0 Å². The number of fused-ring (bicyclic) bond motifs is 1. The van der Waals surface area contributed by atoms with Crippen molar-refractivity contribution in [3.63, 3.8) is 0 Å². The van der Waals surface area contributed by atoms with Gasteiger partial charge < -0.3 is 10.2 Å². The summed E-state index contributed by atoms with van der Waals surface area (Å²) < 4.78 is 23.1. The molecule has 1 fully saturated rings. The first-order valence-corrected chi connectivity index (χ1v) is 9.07. The fraction of sp³-hybridized carbons (Fsp3) is 0.533. The van der Waals surface area contributed by atoms with E-state index in [0.717, 1.165) is 12.2 Å². The molecule has 1 aromatic carbocycles. The van der Waals surface area contributed by atoms with Gasteiger partial charge in [0.2, 0.25) is 5.91 Å². The maximum Gasteiger partial charge on any atom is 0.223 e. The van der Waals surface area contributed by atoms with Crippen LogP contribution in [-0.2, 0) is 14.6 Å². The van der Waals surface area contributed by atoms with Crippen LogP contribution >= 0.6 is 0 Å². The first-order valence-electron chi connectivity index (χ1n) is 7.25. The predicted molar refractivity (Wildman–Crippen MR) is 82.1 cm³/mol. The molecule has 1 amide bonds. The second-order valence-electron chi connectivity index (χ2n) is 5.93. The van der Waals surface area contributed by atoms with Crippen LogP contribution in [0.1, 0.15) is 24.3 Å². The van der Waals surface area contributed by atoms with Crippen LogP contribution in [0.5, 0.6) is 0 Å². The molecule has 0 bridgehead atoms. The summed E-state index contributed by atoms with van der Waals surface area (Å²) in [6, 6.07) is 7.87. The number of carbonyl (C=O) groups is 1. The van der Waals surface area contributed by atoms with Gasteiger partial charge in [0.1, 0.15) is 0 Å². The molecule has 0 spiro atoms. The Balaban J connectivity index is 1.65. The van der Waals surface area contributed by atoms with Gasteiger partial charge in [0.25, 0.3) is 0 Å². The van der Waals surface area contributed by atoms with E-state index in [2.05, 4.69) is 5.32 Å². The zero-order chi connectivity index (χ0) is 15.0. The number of nitrogens with one attached hydrogen (secondary N) is 1. The summed E-state index contributed by atoms with van der Waals surface area (Å²) in [7, 11) is -1.23. The highest BCUT2D eigenvalue weighted by atomic mass is 32.2. The highest BCUT2D eigenvalue weighted by Crippen LogP contribution is 2.33. The van der Waals surface area contributed by atoms with Crippen molar-refractivity contribution in [2.24, 2.45) is 0 Å². The number of hydrogen-bond donors (Lipinski definition) is 1. The number of sulfone groups is 1. The summed E-state index contributed by atoms with van der Waals surface area (Å²) in [4.78, 5) is 14.0. The molecular weight excluding hydrogens is 288 g/mol. The summed E-state index contributed by atoms with van der Waals surface area (Å²) in [5, 5.41) is 3.31. The summed E-state index contributed by atoms with van der Waals surface area (Å²) >= 11 is 0. The lowest BCUT2D eigenvalue weighted by Gasteiger charge is -2.24. The molecule has 0 aliphatic carbocycles. The fourth-order valence-corrected chi connectivity index (χ4v) is 4.95. The summed E-state index contributed by atoms with van der Waals surface area (Å²) in [6.07, 6.45) is 0.987. The molecule has 2 unspecified atom stereocenters. The highest BCUT2D eigenvalue weighted by Gasteiger charge is 2.34. The van der Waals surface area contributed by atoms with Gasteiger partial charge in [0, 0.05) is 37.7 Å². The normalized spacial score (nSPS) is 26.1. The van der Waals surface area contributed by atoms with Crippen molar-refractivity contribution in [2.45, 2.75) is 24.8 Å². The lowest BCUT2D eigenvalue weighted by atomic mass is 9.97. The van der Waals surface area contributed by atoms with E-state index in [9.17, 15) is 13.2 Å². The summed E-state index contributed by atoms with van der Waals surface area (Å²) in [5.74, 6) is 0.507. The smallest absolute Gasteiger partial charge is 0.223 e. The fourth-order valence-electron chi connectivity index (χ4n) is 3.18. The number of hydrogen-bond acceptors (Lipinski definition) is 4. The van der Waals surface area contributed by atoms with Crippen LogP contribution in [-0.4, -0.2) is 50.4 Å². The number of rotatable bonds is 3. The van der Waals surface area contributed by atoms with Crippen molar-refractivity contribution < 1.29 is 13.2 Å². The van der Waals surface area contributed by atoms with Crippen molar-refractivity contribution in [2.75, 3.05) is 30.4 Å². The van der Waals surface area contributed by atoms with E-state index in [-0.39, 0.29) is 29.4 Å². The van der Waals surface area contributed by atoms with E-state index in [4.69, 9.17) is 0 Å². The lowest BCUT2D eigenvalue weighted by Crippen LogP contribution is -2.38. The number of benzene rings is 1. The zero-order valence-electron chi connectivity index (χ0n) is 12.1. The lowest BCUT2D eigenvalue weighted by molar-refractivity contribution is -0.131. The first kappa shape index (κ1) is 14.4. The van der Waals surface area contributed by atoms with Gasteiger partial charge in [-0.3, -0.25) is 4.79 Å². The monoisotopic (exact) mass is 308 g/mol. The van der Waals surface area contributed by atoms with Crippen molar-refractivity contribution in [1.82, 2.24) is 4.90 Å². The van der Waals surface area contributed by atoms with Gasteiger partial charge >= 0.3 is 0 Å². The van der Waals surface area contributed by atoms with Gasteiger partial charge in [-0.05, 0) is 18.1 Å². The molecule has 6 heteroatoms. The minimum atomic E-state index is -2.96. The molecule has 3 rings (SSSR count). The third-order valence-electron chi connectivity index (χ3n) is 4.51. The Morgan fingerprint density at radius 1 is 1.38 bits per heavy atom. The van der Waals surface area contributed by atoms with E-state index in [0.29, 0.717) is 12.8 Å². The standard InChI is InChI=1S/C15H20N2O3S/c1-17(12-6-7-21(19,20)10-12)15(18)8-11-9-16-14-5-3-2-4-13(11)14/h2-5,11-12,16H,6-10H2,1H3. The van der Waals surface area contributed by atoms with Crippen molar-refractivity contribution in [1.29, 1.82) is 0 Å². The van der Waals surface area contributed by atoms with E-state index >= 15 is 0 Å². The van der Waals surface area contributed by atoms with Gasteiger partial charge in [0.05, 0.1) is 11.5 Å². The number of nitrogens with zero attached hydrogens (tertiary/aromatic N) is 1. The van der Waals surface area contributed by atoms with Gasteiger partial charge in [-0.15, -0.1) is 0 Å². The second kappa shape index (κ2) is 5.33. The molecule has 2 atom stereocenters. The zero-order valence-corrected chi connectivity index (χ0v) is 12.9. The molecule has 2 aliphatic rings. The average molecular weight is 308 g/mol. The van der Waals surface area contributed by atoms with Crippen LogP contribution in [0, 0.1) is 0 Å². The van der Waals surface area contributed by atoms with E-state index < -0.39 is 9.84 Å². The van der Waals surface area contributed by atoms with E-state index in [1.165, 1.54) is 5.56 Å². The maximum atomic E-state index is 12.4. The van der Waals surface area contributed by atoms with Crippen molar-refractivity contribution in [3.05, 3.63) is 29.8 Å². The second-order valence-corrected chi connectivity index (χ2v) is 8.16. The van der Waals surface area contributed by atoms with Gasteiger partial charge in [-0.1, -0.05) is 18.2 Å². The quantitative estimate of drug-likeness (QED) is 0.912. The summed E-state index contributed by atoms with van der Waals surface area (Å²) in [5.41, 5.74) is 2.28. The minimum Gasteiger partial charge on any atom is -0.384 e. The largest absolute Gasteiger partial charge is 0.384 e. The van der Waals surface area contributed by atoms with Crippen LogP contribution in [0.4, 0.5) is 5.69 Å². The third-order valence-corrected chi connectivity index (χ3v) is 6.26. The van der Waals surface area contributed by atoms with Crippen LogP contribution in [0.2, 0.25) is 0 Å². The van der Waals surface area contributed by atoms with Crippen LogP contribution < -0.4 is 5.32 Å². The molecule has 0 saturated carbocycles. The molecular formula is C15H20N2O3S. The predicted octanol–water partition coefficient (Wildman–Crippen LogP) is 1.23. The van der Waals surface area contributed by atoms with Gasteiger partial charge in [0.15, 0.2) is 9.84 Å². The Labute approximate surface area is 125 Å². The van der Waals surface area contributed by atoms with Gasteiger partial charge in [-0.25, -0.2) is 8.42 Å². The molecule has 0 aromatic heterocycles. The van der Waals surface area contributed by atoms with Crippen LogP contribution in [0.3, 0.4) is 0 Å². The third kappa shape index (κ3) is 2.90. The van der Waals surface area contributed by atoms with Crippen LogP contribution in [0.25, 0.3) is 0 Å². The Hall–Kier alpha value is -1.56. The van der Waals surface area contributed by atoms with E-state index in [1.807, 2.05) is 24.3 Å². The molecule has 1 N–H and O–H groups in total. The van der Waals surface area contributed by atoms with E-state index in [1.54, 1.807) is 11.9 Å². The topological polar surface area (TPSA) is 66.5 Å². The molecule has 2 heterocycles. The Bertz CT molecular complexity index is 657. The molecule has 2 aliphatic heterocycles. The molecule has 21 heavy (non-hydrogen) atoms. The number of anilines is 1. The van der Waals surface area contributed by atoms with Crippen LogP contribution in [0.15, 0.2) is 24.3 Å². The number of para-hydroxylation sites is 1. The molecule has 1 aromatic rings. The first-order chi connectivity index (χ1) is 9.96. The Morgan fingerprint density at radius 2 is 2.14 bits per heavy atom. The molecule has 0 radical (unpaired) electrons. The SMILES string of the molecule is CN(C(=O)CC1CNc2ccccc21)C1CCS(=O)(=O)C1. The molecule has 5 nitrogen and oxygen atoms in total. The van der Waals surface area contributed by atoms with Gasteiger partial charge in [-0.2, -0.15) is 0 Å². The van der Waals surface area contributed by atoms with Crippen molar-refractivity contribution >= 4 is 21.4 Å². The maximum absolute atomic E-state index is 12.4. The minimum absolute atomic E-state index is 0.0283. The number of amides is 1. The summed E-state index contributed by atoms with van der Waals surface area (Å²) in [6.45, 7) is 0.766. The Kier molecular flexibility index (Phi) is 3.65. The number of carbonyl (C=O) groups excluding carboxylic acids is 1.